The van der Waals surface area contributed by atoms with Gasteiger partial charge in [0.05, 0.1) is 6.10 Å². The number of halogens is 1. The van der Waals surface area contributed by atoms with Crippen LogP contribution in [-0.2, 0) is 4.74 Å². The maximum Gasteiger partial charge on any atom is 0.139 e. The summed E-state index contributed by atoms with van der Waals surface area (Å²) in [7, 11) is 0. The summed E-state index contributed by atoms with van der Waals surface area (Å²) >= 11 is 3.33. The molecular formula is C5H13BrOSi. The van der Waals surface area contributed by atoms with Gasteiger partial charge in [-0.2, -0.15) is 0 Å². The Labute approximate surface area is 62.9 Å². The second-order valence-corrected chi connectivity index (χ2v) is 2.72. The van der Waals surface area contributed by atoms with Crippen LogP contribution in [0.2, 0.25) is 0 Å². The standard InChI is InChI=1S/C5H9BrO.H4Si/c1-2-3-4-5(6)7-4;/h4-5H,2-3H2,1H3;1H4. The molecule has 0 saturated carbocycles. The molecule has 1 nitrogen and oxygen atoms in total. The van der Waals surface area contributed by atoms with Crippen molar-refractivity contribution in [2.75, 3.05) is 0 Å². The molecule has 2 unspecified atom stereocenters. The van der Waals surface area contributed by atoms with Crippen LogP contribution < -0.4 is 0 Å². The van der Waals surface area contributed by atoms with Gasteiger partial charge in [0.15, 0.2) is 0 Å². The molecule has 1 fully saturated rings. The predicted molar refractivity (Wildman–Crippen MR) is 43.8 cm³/mol. The van der Waals surface area contributed by atoms with E-state index < -0.39 is 0 Å². The average Bonchev–Trinajstić information content (AvgIpc) is 2.22. The number of alkyl halides is 1. The van der Waals surface area contributed by atoms with Crippen molar-refractivity contribution >= 4 is 26.9 Å². The fourth-order valence-corrected chi connectivity index (χ4v) is 1.15. The second-order valence-electron chi connectivity index (χ2n) is 1.81. The number of hydrogen-bond acceptors (Lipinski definition) is 1. The van der Waals surface area contributed by atoms with E-state index in [-0.39, 0.29) is 11.0 Å². The Morgan fingerprint density at radius 1 is 1.62 bits per heavy atom. The zero-order valence-corrected chi connectivity index (χ0v) is 5.94. The van der Waals surface area contributed by atoms with Gasteiger partial charge in [-0.05, 0) is 17.4 Å². The number of epoxide rings is 1. The lowest BCUT2D eigenvalue weighted by atomic mass is 10.3. The van der Waals surface area contributed by atoms with Gasteiger partial charge < -0.3 is 4.74 Å². The smallest absolute Gasteiger partial charge is 0.139 e. The van der Waals surface area contributed by atoms with E-state index in [0.29, 0.717) is 11.1 Å². The van der Waals surface area contributed by atoms with Crippen molar-refractivity contribution in [3.63, 3.8) is 0 Å². The predicted octanol–water partition coefficient (Wildman–Crippen LogP) is 0.455. The van der Waals surface area contributed by atoms with E-state index >= 15 is 0 Å². The van der Waals surface area contributed by atoms with Crippen molar-refractivity contribution in [1.82, 2.24) is 0 Å². The van der Waals surface area contributed by atoms with Gasteiger partial charge in [-0.15, -0.1) is 0 Å². The van der Waals surface area contributed by atoms with E-state index in [9.17, 15) is 0 Å². The molecule has 2 atom stereocenters. The van der Waals surface area contributed by atoms with Crippen LogP contribution in [0.3, 0.4) is 0 Å². The molecule has 1 rings (SSSR count). The Hall–Kier alpha value is 0.657. The Morgan fingerprint density at radius 2 is 2.12 bits per heavy atom. The Kier molecular flexibility index (Phi) is 3.94. The maximum atomic E-state index is 5.07. The SMILES string of the molecule is CCCC1OC1Br.[SiH4]. The lowest BCUT2D eigenvalue weighted by Gasteiger charge is -1.81. The summed E-state index contributed by atoms with van der Waals surface area (Å²) in [6.07, 6.45) is 2.97. The topological polar surface area (TPSA) is 12.5 Å². The molecule has 0 spiro atoms. The minimum Gasteiger partial charge on any atom is -0.357 e. The van der Waals surface area contributed by atoms with Crippen LogP contribution in [0.25, 0.3) is 0 Å². The second kappa shape index (κ2) is 3.64. The molecule has 1 saturated heterocycles. The van der Waals surface area contributed by atoms with E-state index in [4.69, 9.17) is 4.74 Å². The molecule has 1 aliphatic rings. The summed E-state index contributed by atoms with van der Waals surface area (Å²) in [5.74, 6) is 0. The summed E-state index contributed by atoms with van der Waals surface area (Å²) in [5, 5.41) is 0.382. The molecule has 0 aromatic carbocycles. The molecule has 0 amide bonds. The van der Waals surface area contributed by atoms with Gasteiger partial charge in [0.1, 0.15) is 5.01 Å². The summed E-state index contributed by atoms with van der Waals surface area (Å²) < 4.78 is 5.07. The summed E-state index contributed by atoms with van der Waals surface area (Å²) in [6, 6.07) is 0. The van der Waals surface area contributed by atoms with Crippen molar-refractivity contribution in [1.29, 1.82) is 0 Å². The number of rotatable bonds is 2. The molecule has 8 heavy (non-hydrogen) atoms. The van der Waals surface area contributed by atoms with Crippen LogP contribution in [-0.4, -0.2) is 22.1 Å². The van der Waals surface area contributed by atoms with Gasteiger partial charge in [0, 0.05) is 0 Å². The van der Waals surface area contributed by atoms with Gasteiger partial charge in [-0.3, -0.25) is 0 Å². The highest BCUT2D eigenvalue weighted by atomic mass is 79.9. The first-order valence-corrected chi connectivity index (χ1v) is 3.55. The van der Waals surface area contributed by atoms with Crippen LogP contribution >= 0.6 is 15.9 Å². The van der Waals surface area contributed by atoms with Gasteiger partial charge in [-0.1, -0.05) is 29.3 Å². The Balaban J connectivity index is 0.000000490. The lowest BCUT2D eigenvalue weighted by Crippen LogP contribution is -1.83. The molecule has 3 heteroatoms. The van der Waals surface area contributed by atoms with E-state index in [1.165, 1.54) is 12.8 Å². The maximum absolute atomic E-state index is 5.07. The molecule has 0 aromatic rings. The van der Waals surface area contributed by atoms with Crippen LogP contribution in [0.4, 0.5) is 0 Å². The molecule has 0 radical (unpaired) electrons. The highest BCUT2D eigenvalue weighted by Gasteiger charge is 2.34. The van der Waals surface area contributed by atoms with Gasteiger partial charge in [0.25, 0.3) is 0 Å². The third-order valence-electron chi connectivity index (χ3n) is 1.09. The van der Waals surface area contributed by atoms with Gasteiger partial charge in [0.2, 0.25) is 0 Å². The Bertz CT molecular complexity index is 69.4. The number of hydrogen-bond donors (Lipinski definition) is 0. The first-order valence-electron chi connectivity index (χ1n) is 2.64. The molecule has 0 aromatic heterocycles. The van der Waals surface area contributed by atoms with Gasteiger partial charge >= 0.3 is 0 Å². The van der Waals surface area contributed by atoms with E-state index in [2.05, 4.69) is 22.9 Å². The largest absolute Gasteiger partial charge is 0.357 e. The zero-order chi connectivity index (χ0) is 5.28. The normalized spacial score (nSPS) is 33.8. The van der Waals surface area contributed by atoms with Crippen molar-refractivity contribution in [2.45, 2.75) is 30.9 Å². The van der Waals surface area contributed by atoms with Crippen molar-refractivity contribution < 1.29 is 4.74 Å². The lowest BCUT2D eigenvalue weighted by molar-refractivity contribution is 0.389. The van der Waals surface area contributed by atoms with Gasteiger partial charge in [-0.25, -0.2) is 0 Å². The van der Waals surface area contributed by atoms with E-state index in [1.54, 1.807) is 0 Å². The molecule has 1 heterocycles. The van der Waals surface area contributed by atoms with Crippen molar-refractivity contribution in [3.05, 3.63) is 0 Å². The molecular weight excluding hydrogens is 184 g/mol. The van der Waals surface area contributed by atoms with E-state index in [1.807, 2.05) is 0 Å². The third kappa shape index (κ3) is 2.28. The first kappa shape index (κ1) is 8.66. The van der Waals surface area contributed by atoms with Crippen LogP contribution in [0, 0.1) is 0 Å². The first-order chi connectivity index (χ1) is 3.34. The minimum absolute atomic E-state index is 0. The molecule has 1 aliphatic heterocycles. The van der Waals surface area contributed by atoms with Crippen molar-refractivity contribution in [2.24, 2.45) is 0 Å². The Morgan fingerprint density at radius 3 is 2.25 bits per heavy atom. The van der Waals surface area contributed by atoms with Crippen LogP contribution in [0.1, 0.15) is 19.8 Å². The molecule has 0 aliphatic carbocycles. The average molecular weight is 197 g/mol. The summed E-state index contributed by atoms with van der Waals surface area (Å²) in [6.45, 7) is 2.17. The fourth-order valence-electron chi connectivity index (χ4n) is 0.605. The number of ether oxygens (including phenoxy) is 1. The fraction of sp³-hybridized carbons (Fsp3) is 1.00. The molecule has 50 valence electrons. The highest BCUT2D eigenvalue weighted by Crippen LogP contribution is 2.30. The van der Waals surface area contributed by atoms with Crippen LogP contribution in [0.5, 0.6) is 0 Å². The van der Waals surface area contributed by atoms with E-state index in [0.717, 1.165) is 0 Å². The quantitative estimate of drug-likeness (QED) is 0.356. The summed E-state index contributed by atoms with van der Waals surface area (Å²) in [5.41, 5.74) is 0. The van der Waals surface area contributed by atoms with Crippen molar-refractivity contribution in [3.8, 4) is 0 Å². The zero-order valence-electron chi connectivity index (χ0n) is 4.36. The van der Waals surface area contributed by atoms with Crippen LogP contribution in [0.15, 0.2) is 0 Å². The highest BCUT2D eigenvalue weighted by molar-refractivity contribution is 9.09. The minimum atomic E-state index is 0. The summed E-state index contributed by atoms with van der Waals surface area (Å²) in [4.78, 5) is 0. The monoisotopic (exact) mass is 196 g/mol. The third-order valence-corrected chi connectivity index (χ3v) is 1.90. The molecule has 0 bridgehead atoms. The molecule has 0 N–H and O–H groups in total.